The molecule has 0 saturated carbocycles. The van der Waals surface area contributed by atoms with Gasteiger partial charge in [0.05, 0.1) is 0 Å². The van der Waals surface area contributed by atoms with Crippen LogP contribution in [-0.2, 0) is 6.42 Å². The van der Waals surface area contributed by atoms with Gasteiger partial charge in [-0.15, -0.1) is 0 Å². The summed E-state index contributed by atoms with van der Waals surface area (Å²) in [5.41, 5.74) is 2.38. The van der Waals surface area contributed by atoms with Gasteiger partial charge in [0.15, 0.2) is 6.29 Å². The average molecular weight is 276 g/mol. The molecule has 0 fully saturated rings. The molecule has 1 aromatic heterocycles. The van der Waals surface area contributed by atoms with E-state index in [4.69, 9.17) is 16.3 Å². The highest BCUT2D eigenvalue weighted by molar-refractivity contribution is 6.31. The predicted octanol–water partition coefficient (Wildman–Crippen LogP) is 4.21. The molecule has 4 heteroatoms. The Labute approximate surface area is 117 Å². The summed E-state index contributed by atoms with van der Waals surface area (Å²) < 4.78 is 5.72. The van der Waals surface area contributed by atoms with Gasteiger partial charge in [0.2, 0.25) is 5.88 Å². The van der Waals surface area contributed by atoms with E-state index < -0.39 is 0 Å². The van der Waals surface area contributed by atoms with E-state index in [1.807, 2.05) is 26.0 Å². The predicted molar refractivity (Wildman–Crippen MR) is 75.3 cm³/mol. The van der Waals surface area contributed by atoms with Crippen molar-refractivity contribution < 1.29 is 9.53 Å². The van der Waals surface area contributed by atoms with Crippen molar-refractivity contribution in [2.45, 2.75) is 20.3 Å². The first-order valence-corrected chi connectivity index (χ1v) is 6.40. The fraction of sp³-hybridized carbons (Fsp3) is 0.200. The van der Waals surface area contributed by atoms with Gasteiger partial charge in [-0.3, -0.25) is 4.79 Å². The second-order valence-electron chi connectivity index (χ2n) is 4.22. The minimum absolute atomic E-state index is 0.495. The quantitative estimate of drug-likeness (QED) is 0.785. The topological polar surface area (TPSA) is 39.2 Å². The number of nitrogens with zero attached hydrogens (tertiary/aromatic N) is 1. The number of pyridine rings is 1. The summed E-state index contributed by atoms with van der Waals surface area (Å²) >= 11 is 6.06. The lowest BCUT2D eigenvalue weighted by atomic mass is 10.1. The molecule has 2 aromatic rings. The summed E-state index contributed by atoms with van der Waals surface area (Å²) in [4.78, 5) is 14.8. The highest BCUT2D eigenvalue weighted by Gasteiger charge is 2.06. The summed E-state index contributed by atoms with van der Waals surface area (Å²) in [6.07, 6.45) is 3.10. The van der Waals surface area contributed by atoms with Gasteiger partial charge in [-0.2, -0.15) is 0 Å². The molecule has 0 atom stereocenters. The Morgan fingerprint density at radius 3 is 2.79 bits per heavy atom. The van der Waals surface area contributed by atoms with Crippen molar-refractivity contribution in [2.75, 3.05) is 0 Å². The third kappa shape index (κ3) is 3.12. The van der Waals surface area contributed by atoms with Gasteiger partial charge in [0.25, 0.3) is 0 Å². The van der Waals surface area contributed by atoms with Crippen molar-refractivity contribution >= 4 is 17.9 Å². The van der Waals surface area contributed by atoms with Crippen LogP contribution >= 0.6 is 11.6 Å². The zero-order valence-electron chi connectivity index (χ0n) is 10.8. The van der Waals surface area contributed by atoms with Crippen molar-refractivity contribution in [3.63, 3.8) is 0 Å². The summed E-state index contributed by atoms with van der Waals surface area (Å²) in [6.45, 7) is 3.89. The number of hydrogen-bond acceptors (Lipinski definition) is 3. The molecule has 0 radical (unpaired) electrons. The van der Waals surface area contributed by atoms with E-state index in [9.17, 15) is 4.79 Å². The van der Waals surface area contributed by atoms with Crippen LogP contribution in [0.1, 0.15) is 28.4 Å². The number of benzene rings is 1. The largest absolute Gasteiger partial charge is 0.439 e. The highest BCUT2D eigenvalue weighted by Crippen LogP contribution is 2.27. The Morgan fingerprint density at radius 2 is 2.16 bits per heavy atom. The van der Waals surface area contributed by atoms with Gasteiger partial charge >= 0.3 is 0 Å². The smallest absolute Gasteiger partial charge is 0.222 e. The first-order valence-electron chi connectivity index (χ1n) is 6.02. The number of carbonyl (C=O) groups is 1. The number of carbonyl (C=O) groups excluding carboxylic acids is 1. The SMILES string of the molecule is CCc1cc(Oc2ncc(C=O)cc2C)ccc1Cl. The average Bonchev–Trinajstić information content (AvgIpc) is 2.43. The molecule has 0 aliphatic rings. The number of rotatable bonds is 4. The van der Waals surface area contributed by atoms with Crippen LogP contribution in [0.25, 0.3) is 0 Å². The summed E-state index contributed by atoms with van der Waals surface area (Å²) in [5.74, 6) is 1.19. The Bertz CT molecular complexity index is 611. The van der Waals surface area contributed by atoms with Crippen LogP contribution in [0.3, 0.4) is 0 Å². The molecule has 0 unspecified atom stereocenters. The van der Waals surface area contributed by atoms with Crippen LogP contribution in [0.2, 0.25) is 5.02 Å². The Kier molecular flexibility index (Phi) is 4.17. The normalized spacial score (nSPS) is 10.3. The molecule has 1 heterocycles. The molecule has 3 nitrogen and oxygen atoms in total. The molecule has 98 valence electrons. The minimum atomic E-state index is 0.495. The zero-order valence-corrected chi connectivity index (χ0v) is 11.6. The maximum absolute atomic E-state index is 10.7. The van der Waals surface area contributed by atoms with Gasteiger partial charge in [0, 0.05) is 22.3 Å². The highest BCUT2D eigenvalue weighted by atomic mass is 35.5. The number of hydrogen-bond donors (Lipinski definition) is 0. The second kappa shape index (κ2) is 5.85. The third-order valence-electron chi connectivity index (χ3n) is 2.80. The van der Waals surface area contributed by atoms with Crippen LogP contribution in [0.4, 0.5) is 0 Å². The molecule has 0 amide bonds. The second-order valence-corrected chi connectivity index (χ2v) is 4.62. The van der Waals surface area contributed by atoms with E-state index >= 15 is 0 Å². The van der Waals surface area contributed by atoms with Gasteiger partial charge in [-0.1, -0.05) is 18.5 Å². The maximum Gasteiger partial charge on any atom is 0.222 e. The molecule has 0 bridgehead atoms. The lowest BCUT2D eigenvalue weighted by Crippen LogP contribution is -1.94. The molecule has 2 rings (SSSR count). The molecule has 0 aliphatic carbocycles. The molecular weight excluding hydrogens is 262 g/mol. The van der Waals surface area contributed by atoms with Crippen LogP contribution in [0.15, 0.2) is 30.5 Å². The van der Waals surface area contributed by atoms with E-state index in [0.717, 1.165) is 28.9 Å². The minimum Gasteiger partial charge on any atom is -0.439 e. The Balaban J connectivity index is 2.28. The molecule has 0 aliphatic heterocycles. The number of aryl methyl sites for hydroxylation is 2. The summed E-state index contributed by atoms with van der Waals surface area (Å²) in [6, 6.07) is 7.25. The van der Waals surface area contributed by atoms with Gasteiger partial charge in [-0.25, -0.2) is 4.98 Å². The molecule has 0 N–H and O–H groups in total. The van der Waals surface area contributed by atoms with Crippen LogP contribution < -0.4 is 4.74 Å². The third-order valence-corrected chi connectivity index (χ3v) is 3.17. The molecule has 0 saturated heterocycles. The molecule has 1 aromatic carbocycles. The van der Waals surface area contributed by atoms with Crippen LogP contribution in [0, 0.1) is 6.92 Å². The van der Waals surface area contributed by atoms with Gasteiger partial charge < -0.3 is 4.74 Å². The zero-order chi connectivity index (χ0) is 13.8. The fourth-order valence-electron chi connectivity index (χ4n) is 1.75. The Morgan fingerprint density at radius 1 is 1.37 bits per heavy atom. The van der Waals surface area contributed by atoms with E-state index in [1.54, 1.807) is 12.1 Å². The Hall–Kier alpha value is -1.87. The van der Waals surface area contributed by atoms with E-state index in [0.29, 0.717) is 17.2 Å². The van der Waals surface area contributed by atoms with Gasteiger partial charge in [0.1, 0.15) is 5.75 Å². The molecule has 0 spiro atoms. The maximum atomic E-state index is 10.7. The number of aldehydes is 1. The first-order chi connectivity index (χ1) is 9.13. The van der Waals surface area contributed by atoms with E-state index in [-0.39, 0.29) is 0 Å². The first kappa shape index (κ1) is 13.6. The monoisotopic (exact) mass is 275 g/mol. The lowest BCUT2D eigenvalue weighted by molar-refractivity contribution is 0.112. The summed E-state index contributed by atoms with van der Waals surface area (Å²) in [5, 5.41) is 0.732. The lowest BCUT2D eigenvalue weighted by Gasteiger charge is -2.09. The molecular formula is C15H14ClNO2. The standard InChI is InChI=1S/C15H14ClNO2/c1-3-12-7-13(4-5-14(12)16)19-15-10(2)6-11(9-18)8-17-15/h4-9H,3H2,1-2H3. The number of ether oxygens (including phenoxy) is 1. The van der Waals surface area contributed by atoms with Crippen molar-refractivity contribution in [1.29, 1.82) is 0 Å². The van der Waals surface area contributed by atoms with E-state index in [2.05, 4.69) is 4.98 Å². The van der Waals surface area contributed by atoms with E-state index in [1.165, 1.54) is 6.20 Å². The molecule has 19 heavy (non-hydrogen) atoms. The summed E-state index contributed by atoms with van der Waals surface area (Å²) in [7, 11) is 0. The number of halogens is 1. The number of aromatic nitrogens is 1. The fourth-order valence-corrected chi connectivity index (χ4v) is 2.00. The van der Waals surface area contributed by atoms with Crippen LogP contribution in [0.5, 0.6) is 11.6 Å². The van der Waals surface area contributed by atoms with Crippen LogP contribution in [-0.4, -0.2) is 11.3 Å². The van der Waals surface area contributed by atoms with Crippen molar-refractivity contribution in [2.24, 2.45) is 0 Å². The van der Waals surface area contributed by atoms with Gasteiger partial charge in [-0.05, 0) is 43.2 Å². The van der Waals surface area contributed by atoms with Crippen molar-refractivity contribution in [3.8, 4) is 11.6 Å². The van der Waals surface area contributed by atoms with Crippen molar-refractivity contribution in [1.82, 2.24) is 4.98 Å². The van der Waals surface area contributed by atoms with Crippen molar-refractivity contribution in [3.05, 3.63) is 52.2 Å².